The molecule has 4 heteroatoms. The fourth-order valence-corrected chi connectivity index (χ4v) is 3.55. The van der Waals surface area contributed by atoms with Crippen LogP contribution in [0.2, 0.25) is 0 Å². The molecule has 1 N–H and O–H groups in total. The molecule has 0 amide bonds. The van der Waals surface area contributed by atoms with Crippen LogP contribution in [0.5, 0.6) is 5.75 Å². The predicted octanol–water partition coefficient (Wildman–Crippen LogP) is 5.80. The van der Waals surface area contributed by atoms with E-state index in [4.69, 9.17) is 9.94 Å². The molecule has 0 saturated carbocycles. The van der Waals surface area contributed by atoms with E-state index in [1.54, 1.807) is 0 Å². The van der Waals surface area contributed by atoms with E-state index < -0.39 is 0 Å². The topological polar surface area (TPSA) is 45.1 Å². The Bertz CT molecular complexity index is 1010. The summed E-state index contributed by atoms with van der Waals surface area (Å²) in [7, 11) is 4.08. The summed E-state index contributed by atoms with van der Waals surface area (Å²) in [6.07, 6.45) is 2.34. The maximum absolute atomic E-state index is 8.81. The molecule has 0 radical (unpaired) electrons. The third-order valence-electron chi connectivity index (χ3n) is 5.13. The Morgan fingerprint density at radius 1 is 0.871 bits per heavy atom. The van der Waals surface area contributed by atoms with Gasteiger partial charge in [-0.1, -0.05) is 78.8 Å². The molecule has 0 aromatic heterocycles. The van der Waals surface area contributed by atoms with Gasteiger partial charge in [0.25, 0.3) is 0 Å². The van der Waals surface area contributed by atoms with Gasteiger partial charge in [0.2, 0.25) is 0 Å². The first-order chi connectivity index (χ1) is 15.1. The van der Waals surface area contributed by atoms with Gasteiger partial charge in [-0.05, 0) is 66.0 Å². The zero-order valence-electron chi connectivity index (χ0n) is 18.5. The Labute approximate surface area is 185 Å². The average Bonchev–Trinajstić information content (AvgIpc) is 2.79. The third kappa shape index (κ3) is 6.06. The number of oxime groups is 1. The second-order valence-corrected chi connectivity index (χ2v) is 7.62. The van der Waals surface area contributed by atoms with Crippen molar-refractivity contribution in [3.05, 3.63) is 101 Å². The summed E-state index contributed by atoms with van der Waals surface area (Å²) in [5.74, 6) is 0.872. The van der Waals surface area contributed by atoms with Crippen LogP contribution >= 0.6 is 0 Å². The van der Waals surface area contributed by atoms with Crippen molar-refractivity contribution in [2.75, 3.05) is 27.2 Å². The number of rotatable bonds is 9. The molecule has 0 atom stereocenters. The molecule has 4 nitrogen and oxygen atoms in total. The zero-order chi connectivity index (χ0) is 22.1. The lowest BCUT2D eigenvalue weighted by molar-refractivity contribution is 0.261. The van der Waals surface area contributed by atoms with Crippen molar-refractivity contribution in [2.24, 2.45) is 5.16 Å². The summed E-state index contributed by atoms with van der Waals surface area (Å²) >= 11 is 0. The van der Waals surface area contributed by atoms with Crippen LogP contribution in [-0.4, -0.2) is 43.6 Å². The standard InChI is InChI=1S/C27H30N2O2/c1-4-26(22-8-6-5-7-9-22)27(23-12-10-21(11-13-23)20-28-30)24-14-16-25(17-15-24)31-19-18-29(2)3/h5-17,20,30H,4,18-19H2,1-3H3. The van der Waals surface area contributed by atoms with Crippen LogP contribution in [0, 0.1) is 0 Å². The van der Waals surface area contributed by atoms with Gasteiger partial charge in [0.15, 0.2) is 0 Å². The summed E-state index contributed by atoms with van der Waals surface area (Å²) in [5.41, 5.74) is 6.81. The van der Waals surface area contributed by atoms with E-state index in [2.05, 4.69) is 65.5 Å². The lowest BCUT2D eigenvalue weighted by atomic mass is 9.88. The lowest BCUT2D eigenvalue weighted by Gasteiger charge is -2.17. The highest BCUT2D eigenvalue weighted by atomic mass is 16.5. The Morgan fingerprint density at radius 3 is 2.03 bits per heavy atom. The quantitative estimate of drug-likeness (QED) is 0.208. The van der Waals surface area contributed by atoms with Crippen LogP contribution in [0.25, 0.3) is 11.1 Å². The van der Waals surface area contributed by atoms with Crippen molar-refractivity contribution in [1.29, 1.82) is 0 Å². The maximum atomic E-state index is 8.81. The Kier molecular flexibility index (Phi) is 8.02. The van der Waals surface area contributed by atoms with Crippen LogP contribution in [0.15, 0.2) is 84.0 Å². The van der Waals surface area contributed by atoms with Crippen LogP contribution in [0.3, 0.4) is 0 Å². The molecule has 0 aliphatic heterocycles. The fraction of sp³-hybridized carbons (Fsp3) is 0.222. The summed E-state index contributed by atoms with van der Waals surface area (Å²) in [6.45, 7) is 3.73. The number of ether oxygens (including phenoxy) is 1. The van der Waals surface area contributed by atoms with Crippen molar-refractivity contribution in [1.82, 2.24) is 4.90 Å². The molecule has 0 bridgehead atoms. The molecule has 3 rings (SSSR count). The highest BCUT2D eigenvalue weighted by molar-refractivity contribution is 5.99. The number of hydrogen-bond donors (Lipinski definition) is 1. The Morgan fingerprint density at radius 2 is 1.48 bits per heavy atom. The second-order valence-electron chi connectivity index (χ2n) is 7.62. The molecule has 0 fully saturated rings. The van der Waals surface area contributed by atoms with Gasteiger partial charge in [-0.15, -0.1) is 0 Å². The molecule has 3 aromatic carbocycles. The largest absolute Gasteiger partial charge is 0.492 e. The van der Waals surface area contributed by atoms with Crippen molar-refractivity contribution < 1.29 is 9.94 Å². The van der Waals surface area contributed by atoms with Crippen molar-refractivity contribution in [2.45, 2.75) is 13.3 Å². The number of benzene rings is 3. The SMILES string of the molecule is CCC(=C(c1ccc(C=NO)cc1)c1ccc(OCCN(C)C)cc1)c1ccccc1. The minimum atomic E-state index is 0.660. The molecule has 0 aliphatic carbocycles. The van der Waals surface area contributed by atoms with Gasteiger partial charge >= 0.3 is 0 Å². The first-order valence-electron chi connectivity index (χ1n) is 10.6. The normalized spacial score (nSPS) is 12.3. The lowest BCUT2D eigenvalue weighted by Crippen LogP contribution is -2.19. The van der Waals surface area contributed by atoms with Gasteiger partial charge < -0.3 is 14.8 Å². The molecule has 31 heavy (non-hydrogen) atoms. The molecule has 0 heterocycles. The molecule has 0 spiro atoms. The fourth-order valence-electron chi connectivity index (χ4n) is 3.55. The first kappa shape index (κ1) is 22.3. The van der Waals surface area contributed by atoms with Crippen molar-refractivity contribution in [3.8, 4) is 5.75 Å². The van der Waals surface area contributed by atoms with E-state index in [1.165, 1.54) is 22.9 Å². The average molecular weight is 415 g/mol. The maximum Gasteiger partial charge on any atom is 0.119 e. The van der Waals surface area contributed by atoms with E-state index in [0.29, 0.717) is 6.61 Å². The first-order valence-corrected chi connectivity index (χ1v) is 10.6. The van der Waals surface area contributed by atoms with E-state index in [0.717, 1.165) is 35.4 Å². The number of allylic oxidation sites excluding steroid dienone is 1. The van der Waals surface area contributed by atoms with Gasteiger partial charge in [0.05, 0.1) is 6.21 Å². The molecular formula is C27H30N2O2. The Hall–Kier alpha value is -3.37. The van der Waals surface area contributed by atoms with Crippen LogP contribution in [0.4, 0.5) is 0 Å². The minimum Gasteiger partial charge on any atom is -0.492 e. The van der Waals surface area contributed by atoms with Gasteiger partial charge in [0.1, 0.15) is 12.4 Å². The van der Waals surface area contributed by atoms with Crippen LogP contribution in [0.1, 0.15) is 35.6 Å². The van der Waals surface area contributed by atoms with Crippen molar-refractivity contribution >= 4 is 17.4 Å². The second kappa shape index (κ2) is 11.1. The molecule has 0 saturated heterocycles. The molecule has 3 aromatic rings. The minimum absolute atomic E-state index is 0.660. The van der Waals surface area contributed by atoms with Gasteiger partial charge in [-0.3, -0.25) is 0 Å². The van der Waals surface area contributed by atoms with Gasteiger partial charge in [0, 0.05) is 6.54 Å². The monoisotopic (exact) mass is 414 g/mol. The molecule has 0 aliphatic rings. The summed E-state index contributed by atoms with van der Waals surface area (Å²) in [4.78, 5) is 2.10. The number of hydrogen-bond acceptors (Lipinski definition) is 4. The van der Waals surface area contributed by atoms with Crippen molar-refractivity contribution in [3.63, 3.8) is 0 Å². The third-order valence-corrected chi connectivity index (χ3v) is 5.13. The van der Waals surface area contributed by atoms with Crippen LogP contribution < -0.4 is 4.74 Å². The molecular weight excluding hydrogens is 384 g/mol. The highest BCUT2D eigenvalue weighted by Crippen LogP contribution is 2.35. The van der Waals surface area contributed by atoms with Gasteiger partial charge in [-0.25, -0.2) is 0 Å². The smallest absolute Gasteiger partial charge is 0.119 e. The summed E-state index contributed by atoms with van der Waals surface area (Å²) in [5, 5.41) is 11.9. The van der Waals surface area contributed by atoms with E-state index >= 15 is 0 Å². The molecule has 160 valence electrons. The Balaban J connectivity index is 2.03. The van der Waals surface area contributed by atoms with E-state index in [1.807, 2.05) is 44.4 Å². The number of nitrogens with zero attached hydrogens (tertiary/aromatic N) is 2. The van der Waals surface area contributed by atoms with Crippen LogP contribution in [-0.2, 0) is 0 Å². The van der Waals surface area contributed by atoms with E-state index in [-0.39, 0.29) is 0 Å². The van der Waals surface area contributed by atoms with Gasteiger partial charge in [-0.2, -0.15) is 0 Å². The zero-order valence-corrected chi connectivity index (χ0v) is 18.5. The summed E-state index contributed by atoms with van der Waals surface area (Å²) in [6, 6.07) is 26.9. The predicted molar refractivity (Wildman–Crippen MR) is 129 cm³/mol. The summed E-state index contributed by atoms with van der Waals surface area (Å²) < 4.78 is 5.88. The van der Waals surface area contributed by atoms with E-state index in [9.17, 15) is 0 Å². The molecule has 0 unspecified atom stereocenters. The number of likely N-dealkylation sites (N-methyl/N-ethyl adjacent to an activating group) is 1. The highest BCUT2D eigenvalue weighted by Gasteiger charge is 2.13.